The first kappa shape index (κ1) is 15.8. The van der Waals surface area contributed by atoms with Crippen molar-refractivity contribution in [2.45, 2.75) is 19.3 Å². The normalized spacial score (nSPS) is 11.5. The molecule has 0 spiro atoms. The van der Waals surface area contributed by atoms with Crippen LogP contribution in [-0.2, 0) is 9.53 Å². The number of hydrogen-bond acceptors (Lipinski definition) is 3. The lowest BCUT2D eigenvalue weighted by atomic mass is 9.97. The second-order valence-corrected chi connectivity index (χ2v) is 5.14. The molecule has 0 aliphatic heterocycles. The van der Waals surface area contributed by atoms with E-state index in [1.807, 2.05) is 37.3 Å². The highest BCUT2D eigenvalue weighted by atomic mass is 16.5. The van der Waals surface area contributed by atoms with E-state index in [1.165, 1.54) is 7.11 Å². The summed E-state index contributed by atoms with van der Waals surface area (Å²) in [7, 11) is 1.33. The van der Waals surface area contributed by atoms with Gasteiger partial charge in [-0.05, 0) is 29.7 Å². The number of carbonyl (C=O) groups excluding carboxylic acids is 2. The maximum atomic E-state index is 12.1. The molecule has 0 heterocycles. The van der Waals surface area contributed by atoms with Gasteiger partial charge >= 0.3 is 5.97 Å². The van der Waals surface area contributed by atoms with Crippen LogP contribution in [0.25, 0.3) is 0 Å². The molecule has 0 aromatic heterocycles. The molecule has 0 unspecified atom stereocenters. The first-order valence-corrected chi connectivity index (χ1v) is 7.13. The summed E-state index contributed by atoms with van der Waals surface area (Å²) in [5, 5.41) is 2.82. The van der Waals surface area contributed by atoms with E-state index in [2.05, 4.69) is 10.1 Å². The van der Waals surface area contributed by atoms with Crippen molar-refractivity contribution >= 4 is 17.6 Å². The van der Waals surface area contributed by atoms with Crippen molar-refractivity contribution < 1.29 is 14.3 Å². The van der Waals surface area contributed by atoms with Crippen molar-refractivity contribution in [3.05, 3.63) is 65.7 Å². The van der Waals surface area contributed by atoms with Gasteiger partial charge in [-0.15, -0.1) is 0 Å². The van der Waals surface area contributed by atoms with Crippen LogP contribution in [0, 0.1) is 0 Å². The second kappa shape index (κ2) is 7.41. The van der Waals surface area contributed by atoms with Crippen molar-refractivity contribution in [1.82, 2.24) is 0 Å². The number of methoxy groups -OCH3 is 1. The Hall–Kier alpha value is -2.62. The minimum Gasteiger partial charge on any atom is -0.465 e. The SMILES string of the molecule is COC(=O)c1cccc(NC(=O)C[C@H](C)c2ccccc2)c1. The third kappa shape index (κ3) is 4.19. The Morgan fingerprint density at radius 2 is 1.82 bits per heavy atom. The lowest BCUT2D eigenvalue weighted by Gasteiger charge is -2.12. The van der Waals surface area contributed by atoms with E-state index < -0.39 is 5.97 Å². The van der Waals surface area contributed by atoms with Crippen molar-refractivity contribution in [2.24, 2.45) is 0 Å². The first-order valence-electron chi connectivity index (χ1n) is 7.13. The van der Waals surface area contributed by atoms with E-state index in [-0.39, 0.29) is 11.8 Å². The summed E-state index contributed by atoms with van der Waals surface area (Å²) in [5.41, 5.74) is 2.13. The highest BCUT2D eigenvalue weighted by Gasteiger charge is 2.12. The number of nitrogens with one attached hydrogen (secondary N) is 1. The number of benzene rings is 2. The van der Waals surface area contributed by atoms with Gasteiger partial charge in [0, 0.05) is 12.1 Å². The molecule has 2 aromatic rings. The molecule has 0 radical (unpaired) electrons. The molecular formula is C18H19NO3. The maximum Gasteiger partial charge on any atom is 0.337 e. The smallest absolute Gasteiger partial charge is 0.337 e. The van der Waals surface area contributed by atoms with Gasteiger partial charge < -0.3 is 10.1 Å². The summed E-state index contributed by atoms with van der Waals surface area (Å²) in [6, 6.07) is 16.6. The van der Waals surface area contributed by atoms with Gasteiger partial charge in [0.05, 0.1) is 12.7 Å². The maximum absolute atomic E-state index is 12.1. The minimum atomic E-state index is -0.422. The van der Waals surface area contributed by atoms with Crippen LogP contribution in [0.1, 0.15) is 35.2 Å². The van der Waals surface area contributed by atoms with E-state index in [9.17, 15) is 9.59 Å². The standard InChI is InChI=1S/C18H19NO3/c1-13(14-7-4-3-5-8-14)11-17(20)19-16-10-6-9-15(12-16)18(21)22-2/h3-10,12-13H,11H2,1-2H3,(H,19,20)/t13-/m0/s1. The van der Waals surface area contributed by atoms with Gasteiger partial charge in [-0.1, -0.05) is 43.3 Å². The Balaban J connectivity index is 1.99. The molecular weight excluding hydrogens is 278 g/mol. The third-order valence-electron chi connectivity index (χ3n) is 3.43. The van der Waals surface area contributed by atoms with Crippen LogP contribution in [0.2, 0.25) is 0 Å². The Labute approximate surface area is 130 Å². The Morgan fingerprint density at radius 1 is 1.09 bits per heavy atom. The molecule has 2 aromatic carbocycles. The Kier molecular flexibility index (Phi) is 5.31. The average Bonchev–Trinajstić information content (AvgIpc) is 2.55. The van der Waals surface area contributed by atoms with Gasteiger partial charge in [-0.25, -0.2) is 4.79 Å². The van der Waals surface area contributed by atoms with E-state index >= 15 is 0 Å². The largest absolute Gasteiger partial charge is 0.465 e. The number of carbonyl (C=O) groups is 2. The highest BCUT2D eigenvalue weighted by molar-refractivity contribution is 5.94. The quantitative estimate of drug-likeness (QED) is 0.858. The summed E-state index contributed by atoms with van der Waals surface area (Å²) in [6.07, 6.45) is 0.381. The number of anilines is 1. The van der Waals surface area contributed by atoms with Crippen LogP contribution < -0.4 is 5.32 Å². The van der Waals surface area contributed by atoms with Crippen molar-refractivity contribution in [3.8, 4) is 0 Å². The second-order valence-electron chi connectivity index (χ2n) is 5.14. The van der Waals surface area contributed by atoms with E-state index in [4.69, 9.17) is 0 Å². The molecule has 4 nitrogen and oxygen atoms in total. The van der Waals surface area contributed by atoms with Gasteiger partial charge in [0.15, 0.2) is 0 Å². The lowest BCUT2D eigenvalue weighted by Crippen LogP contribution is -2.15. The predicted molar refractivity (Wildman–Crippen MR) is 85.9 cm³/mol. The molecule has 114 valence electrons. The summed E-state index contributed by atoms with van der Waals surface area (Å²) in [5.74, 6) is -0.378. The van der Waals surface area contributed by atoms with Gasteiger partial charge in [0.1, 0.15) is 0 Å². The topological polar surface area (TPSA) is 55.4 Å². The molecule has 0 aliphatic carbocycles. The summed E-state index contributed by atoms with van der Waals surface area (Å²) < 4.78 is 4.67. The molecule has 0 fully saturated rings. The van der Waals surface area contributed by atoms with E-state index in [0.29, 0.717) is 17.7 Å². The number of ether oxygens (including phenoxy) is 1. The summed E-state index contributed by atoms with van der Waals surface area (Å²) in [4.78, 5) is 23.6. The van der Waals surface area contributed by atoms with E-state index in [1.54, 1.807) is 24.3 Å². The predicted octanol–water partition coefficient (Wildman–Crippen LogP) is 3.61. The molecule has 1 amide bonds. The Bertz CT molecular complexity index is 652. The molecule has 1 atom stereocenters. The summed E-state index contributed by atoms with van der Waals surface area (Å²) >= 11 is 0. The number of amides is 1. The fourth-order valence-electron chi connectivity index (χ4n) is 2.23. The molecule has 0 bridgehead atoms. The van der Waals surface area contributed by atoms with E-state index in [0.717, 1.165) is 5.56 Å². The van der Waals surface area contributed by atoms with Crippen LogP contribution in [0.4, 0.5) is 5.69 Å². The van der Waals surface area contributed by atoms with Crippen molar-refractivity contribution in [2.75, 3.05) is 12.4 Å². The fourth-order valence-corrected chi connectivity index (χ4v) is 2.23. The number of rotatable bonds is 5. The van der Waals surface area contributed by atoms with Gasteiger partial charge in [0.25, 0.3) is 0 Å². The van der Waals surface area contributed by atoms with Crippen LogP contribution in [-0.4, -0.2) is 19.0 Å². The zero-order valence-corrected chi connectivity index (χ0v) is 12.7. The molecule has 1 N–H and O–H groups in total. The third-order valence-corrected chi connectivity index (χ3v) is 3.43. The van der Waals surface area contributed by atoms with Gasteiger partial charge in [-0.3, -0.25) is 4.79 Å². The van der Waals surface area contributed by atoms with Crippen LogP contribution in [0.3, 0.4) is 0 Å². The molecule has 0 saturated heterocycles. The molecule has 0 saturated carbocycles. The number of hydrogen-bond donors (Lipinski definition) is 1. The monoisotopic (exact) mass is 297 g/mol. The lowest BCUT2D eigenvalue weighted by molar-refractivity contribution is -0.116. The van der Waals surface area contributed by atoms with Crippen LogP contribution in [0.5, 0.6) is 0 Å². The average molecular weight is 297 g/mol. The summed E-state index contributed by atoms with van der Waals surface area (Å²) in [6.45, 7) is 2.01. The van der Waals surface area contributed by atoms with Gasteiger partial charge in [-0.2, -0.15) is 0 Å². The van der Waals surface area contributed by atoms with Crippen LogP contribution in [0.15, 0.2) is 54.6 Å². The van der Waals surface area contributed by atoms with Crippen LogP contribution >= 0.6 is 0 Å². The zero-order valence-electron chi connectivity index (χ0n) is 12.7. The highest BCUT2D eigenvalue weighted by Crippen LogP contribution is 2.19. The molecule has 4 heteroatoms. The molecule has 2 rings (SSSR count). The Morgan fingerprint density at radius 3 is 2.50 bits per heavy atom. The van der Waals surface area contributed by atoms with Crippen molar-refractivity contribution in [3.63, 3.8) is 0 Å². The van der Waals surface area contributed by atoms with Crippen molar-refractivity contribution in [1.29, 1.82) is 0 Å². The first-order chi connectivity index (χ1) is 10.6. The minimum absolute atomic E-state index is 0.0848. The zero-order chi connectivity index (χ0) is 15.9. The molecule has 0 aliphatic rings. The number of esters is 1. The fraction of sp³-hybridized carbons (Fsp3) is 0.222. The van der Waals surface area contributed by atoms with Gasteiger partial charge in [0.2, 0.25) is 5.91 Å². The molecule has 22 heavy (non-hydrogen) atoms.